The summed E-state index contributed by atoms with van der Waals surface area (Å²) in [6.07, 6.45) is 2.14. The Morgan fingerprint density at radius 1 is 1.38 bits per heavy atom. The lowest BCUT2D eigenvalue weighted by atomic mass is 9.76. The van der Waals surface area contributed by atoms with Gasteiger partial charge in [0.25, 0.3) is 0 Å². The molecule has 1 rings (SSSR count). The van der Waals surface area contributed by atoms with Crippen molar-refractivity contribution in [1.82, 2.24) is 5.32 Å². The van der Waals surface area contributed by atoms with Crippen LogP contribution in [0.1, 0.15) is 40.5 Å². The molecule has 0 spiro atoms. The van der Waals surface area contributed by atoms with E-state index in [4.69, 9.17) is 0 Å². The molecular formula is C11H23NO. The molecular weight excluding hydrogens is 162 g/mol. The smallest absolute Gasteiger partial charge is 0.0723 e. The van der Waals surface area contributed by atoms with Crippen molar-refractivity contribution in [3.8, 4) is 0 Å². The first-order chi connectivity index (χ1) is 5.93. The van der Waals surface area contributed by atoms with Gasteiger partial charge in [-0.3, -0.25) is 0 Å². The number of aliphatic hydroxyl groups excluding tert-OH is 1. The summed E-state index contributed by atoms with van der Waals surface area (Å²) < 4.78 is 0. The average molecular weight is 185 g/mol. The van der Waals surface area contributed by atoms with Crippen LogP contribution in [0.4, 0.5) is 0 Å². The minimum Gasteiger partial charge on any atom is -0.391 e. The van der Waals surface area contributed by atoms with Crippen LogP contribution >= 0.6 is 0 Å². The van der Waals surface area contributed by atoms with E-state index in [1.165, 1.54) is 6.42 Å². The quantitative estimate of drug-likeness (QED) is 0.687. The van der Waals surface area contributed by atoms with E-state index in [0.29, 0.717) is 12.0 Å². The predicted octanol–water partition coefficient (Wildman–Crippen LogP) is 1.78. The van der Waals surface area contributed by atoms with Crippen LogP contribution in [-0.4, -0.2) is 23.8 Å². The monoisotopic (exact) mass is 185 g/mol. The summed E-state index contributed by atoms with van der Waals surface area (Å²) in [7, 11) is 0. The Labute approximate surface area is 81.7 Å². The second-order valence-electron chi connectivity index (χ2n) is 5.35. The molecule has 1 aliphatic rings. The van der Waals surface area contributed by atoms with Gasteiger partial charge in [-0.15, -0.1) is 0 Å². The van der Waals surface area contributed by atoms with Crippen molar-refractivity contribution in [1.29, 1.82) is 0 Å². The number of rotatable bonds is 2. The molecule has 0 saturated carbocycles. The van der Waals surface area contributed by atoms with Crippen molar-refractivity contribution in [3.63, 3.8) is 0 Å². The van der Waals surface area contributed by atoms with Crippen LogP contribution in [0.25, 0.3) is 0 Å². The number of hydrogen-bond donors (Lipinski definition) is 2. The van der Waals surface area contributed by atoms with Gasteiger partial charge in [0.15, 0.2) is 0 Å². The van der Waals surface area contributed by atoms with Gasteiger partial charge >= 0.3 is 0 Å². The molecule has 0 radical (unpaired) electrons. The lowest BCUT2D eigenvalue weighted by Crippen LogP contribution is -2.43. The van der Waals surface area contributed by atoms with E-state index >= 15 is 0 Å². The van der Waals surface area contributed by atoms with Crippen molar-refractivity contribution < 1.29 is 5.11 Å². The van der Waals surface area contributed by atoms with Gasteiger partial charge in [-0.2, -0.15) is 0 Å². The van der Waals surface area contributed by atoms with Crippen LogP contribution in [0.5, 0.6) is 0 Å². The SMILES string of the molecule is CC(C(O)C1CCCN1)C(C)(C)C. The fraction of sp³-hybridized carbons (Fsp3) is 1.00. The lowest BCUT2D eigenvalue weighted by Gasteiger charge is -2.34. The number of aliphatic hydroxyl groups is 1. The molecule has 1 saturated heterocycles. The normalized spacial score (nSPS) is 28.8. The highest BCUT2D eigenvalue weighted by Gasteiger charge is 2.33. The van der Waals surface area contributed by atoms with E-state index in [1.807, 2.05) is 0 Å². The minimum absolute atomic E-state index is 0.192. The molecule has 2 nitrogen and oxygen atoms in total. The van der Waals surface area contributed by atoms with Gasteiger partial charge in [0, 0.05) is 6.04 Å². The Kier molecular flexibility index (Phi) is 3.36. The Balaban J connectivity index is 2.50. The van der Waals surface area contributed by atoms with Gasteiger partial charge in [0.1, 0.15) is 0 Å². The number of nitrogens with one attached hydrogen (secondary N) is 1. The lowest BCUT2D eigenvalue weighted by molar-refractivity contribution is 0.0297. The molecule has 0 aromatic carbocycles. The summed E-state index contributed by atoms with van der Waals surface area (Å²) in [5.74, 6) is 0.350. The third-order valence-electron chi connectivity index (χ3n) is 3.39. The standard InChI is InChI=1S/C11H23NO/c1-8(11(2,3)4)10(13)9-6-5-7-12-9/h8-10,12-13H,5-7H2,1-4H3. The summed E-state index contributed by atoms with van der Waals surface area (Å²) in [6.45, 7) is 9.78. The molecule has 3 atom stereocenters. The van der Waals surface area contributed by atoms with E-state index < -0.39 is 0 Å². The predicted molar refractivity (Wildman–Crippen MR) is 55.7 cm³/mol. The van der Waals surface area contributed by atoms with Crippen molar-refractivity contribution >= 4 is 0 Å². The Morgan fingerprint density at radius 3 is 2.38 bits per heavy atom. The third-order valence-corrected chi connectivity index (χ3v) is 3.39. The Bertz CT molecular complexity index is 156. The summed E-state index contributed by atoms with van der Waals surface area (Å²) in [5, 5.41) is 13.4. The van der Waals surface area contributed by atoms with Crippen molar-refractivity contribution in [3.05, 3.63) is 0 Å². The molecule has 0 aromatic rings. The summed E-state index contributed by atoms with van der Waals surface area (Å²) >= 11 is 0. The van der Waals surface area contributed by atoms with E-state index in [0.717, 1.165) is 13.0 Å². The molecule has 3 unspecified atom stereocenters. The highest BCUT2D eigenvalue weighted by atomic mass is 16.3. The zero-order valence-electron chi connectivity index (χ0n) is 9.30. The van der Waals surface area contributed by atoms with E-state index in [1.54, 1.807) is 0 Å². The van der Waals surface area contributed by atoms with Gasteiger partial charge in [0.2, 0.25) is 0 Å². The van der Waals surface area contributed by atoms with Crippen LogP contribution in [0.2, 0.25) is 0 Å². The van der Waals surface area contributed by atoms with Crippen LogP contribution < -0.4 is 5.32 Å². The van der Waals surface area contributed by atoms with Crippen molar-refractivity contribution in [2.45, 2.75) is 52.7 Å². The second kappa shape index (κ2) is 3.97. The molecule has 0 aromatic heterocycles. The van der Waals surface area contributed by atoms with Crippen LogP contribution in [0.3, 0.4) is 0 Å². The third kappa shape index (κ3) is 2.68. The fourth-order valence-corrected chi connectivity index (χ4v) is 1.86. The first-order valence-corrected chi connectivity index (χ1v) is 5.34. The highest BCUT2D eigenvalue weighted by Crippen LogP contribution is 2.30. The van der Waals surface area contributed by atoms with Crippen LogP contribution in [-0.2, 0) is 0 Å². The molecule has 0 aliphatic carbocycles. The summed E-state index contributed by atoms with van der Waals surface area (Å²) in [5.41, 5.74) is 0.198. The average Bonchev–Trinajstić information content (AvgIpc) is 2.51. The maximum atomic E-state index is 10.1. The Morgan fingerprint density at radius 2 is 2.00 bits per heavy atom. The molecule has 13 heavy (non-hydrogen) atoms. The molecule has 0 bridgehead atoms. The molecule has 2 heteroatoms. The van der Waals surface area contributed by atoms with Gasteiger partial charge < -0.3 is 10.4 Å². The largest absolute Gasteiger partial charge is 0.391 e. The molecule has 2 N–H and O–H groups in total. The van der Waals surface area contributed by atoms with Gasteiger partial charge in [-0.05, 0) is 30.7 Å². The van der Waals surface area contributed by atoms with Crippen molar-refractivity contribution in [2.24, 2.45) is 11.3 Å². The topological polar surface area (TPSA) is 32.3 Å². The molecule has 1 heterocycles. The van der Waals surface area contributed by atoms with E-state index in [-0.39, 0.29) is 11.5 Å². The minimum atomic E-state index is -0.192. The van der Waals surface area contributed by atoms with E-state index in [9.17, 15) is 5.11 Å². The fourth-order valence-electron chi connectivity index (χ4n) is 1.86. The van der Waals surface area contributed by atoms with Crippen molar-refractivity contribution in [2.75, 3.05) is 6.54 Å². The number of hydrogen-bond acceptors (Lipinski definition) is 2. The summed E-state index contributed by atoms with van der Waals surface area (Å²) in [4.78, 5) is 0. The molecule has 78 valence electrons. The molecule has 0 amide bonds. The van der Waals surface area contributed by atoms with Gasteiger partial charge in [-0.1, -0.05) is 27.7 Å². The molecule has 1 aliphatic heterocycles. The summed E-state index contributed by atoms with van der Waals surface area (Å²) in [6, 6.07) is 0.328. The van der Waals surface area contributed by atoms with Crippen LogP contribution in [0.15, 0.2) is 0 Å². The zero-order valence-corrected chi connectivity index (χ0v) is 9.30. The maximum absolute atomic E-state index is 10.1. The first-order valence-electron chi connectivity index (χ1n) is 5.34. The second-order valence-corrected chi connectivity index (χ2v) is 5.35. The first kappa shape index (κ1) is 11.0. The highest BCUT2D eigenvalue weighted by molar-refractivity contribution is 4.88. The van der Waals surface area contributed by atoms with Gasteiger partial charge in [-0.25, -0.2) is 0 Å². The maximum Gasteiger partial charge on any atom is 0.0723 e. The van der Waals surface area contributed by atoms with Gasteiger partial charge in [0.05, 0.1) is 6.10 Å². The Hall–Kier alpha value is -0.0800. The zero-order chi connectivity index (χ0) is 10.1. The van der Waals surface area contributed by atoms with Crippen LogP contribution in [0, 0.1) is 11.3 Å². The molecule has 1 fully saturated rings. The van der Waals surface area contributed by atoms with E-state index in [2.05, 4.69) is 33.0 Å².